The van der Waals surface area contributed by atoms with Gasteiger partial charge in [0.15, 0.2) is 5.69 Å². The Labute approximate surface area is 120 Å². The highest BCUT2D eigenvalue weighted by Crippen LogP contribution is 2.29. The van der Waals surface area contributed by atoms with Crippen LogP contribution < -0.4 is 10.6 Å². The lowest BCUT2D eigenvalue weighted by atomic mass is 9.80. The molecule has 1 aliphatic rings. The number of amides is 1. The molecule has 112 valence electrons. The molecule has 1 amide bonds. The molecule has 0 unspecified atom stereocenters. The molecule has 5 nitrogen and oxygen atoms in total. The van der Waals surface area contributed by atoms with Crippen molar-refractivity contribution < 1.29 is 4.79 Å². The van der Waals surface area contributed by atoms with Crippen molar-refractivity contribution >= 4 is 5.91 Å². The van der Waals surface area contributed by atoms with E-state index >= 15 is 0 Å². The number of carbonyl (C=O) groups is 1. The van der Waals surface area contributed by atoms with Gasteiger partial charge in [0.05, 0.1) is 0 Å². The highest BCUT2D eigenvalue weighted by molar-refractivity contribution is 5.94. The van der Waals surface area contributed by atoms with Crippen LogP contribution >= 0.6 is 0 Å². The number of nitrogens with zero attached hydrogens (tertiary/aromatic N) is 1. The molecule has 0 aliphatic carbocycles. The third kappa shape index (κ3) is 2.87. The van der Waals surface area contributed by atoms with E-state index in [2.05, 4.69) is 41.6 Å². The first-order valence-electron chi connectivity index (χ1n) is 7.70. The summed E-state index contributed by atoms with van der Waals surface area (Å²) in [6.45, 7) is 8.98. The van der Waals surface area contributed by atoms with Crippen LogP contribution in [0, 0.1) is 5.41 Å². The van der Waals surface area contributed by atoms with Gasteiger partial charge in [0, 0.05) is 37.3 Å². The first kappa shape index (κ1) is 15.0. The Morgan fingerprint density at radius 3 is 2.65 bits per heavy atom. The van der Waals surface area contributed by atoms with Crippen molar-refractivity contribution in [1.82, 2.24) is 20.8 Å². The summed E-state index contributed by atoms with van der Waals surface area (Å²) in [5.74, 6) is -0.0501. The fourth-order valence-corrected chi connectivity index (χ4v) is 2.89. The second kappa shape index (κ2) is 6.39. The van der Waals surface area contributed by atoms with Crippen molar-refractivity contribution in [3.8, 4) is 0 Å². The SMILES string of the molecule is CCC(CC)(CC)CNC(=O)c1n[nH]c2c1CNCC2. The second-order valence-electron chi connectivity index (χ2n) is 5.70. The lowest BCUT2D eigenvalue weighted by Crippen LogP contribution is -2.37. The molecule has 0 bridgehead atoms. The molecular weight excluding hydrogens is 252 g/mol. The standard InChI is InChI=1S/C15H26N4O/c1-4-15(5-2,6-3)10-17-14(20)13-11-9-16-8-7-12(11)18-19-13/h16H,4-10H2,1-3H3,(H,17,20)(H,18,19). The number of H-pyrrole nitrogens is 1. The lowest BCUT2D eigenvalue weighted by molar-refractivity contribution is 0.0917. The molecule has 0 aromatic carbocycles. The largest absolute Gasteiger partial charge is 0.350 e. The molecule has 0 saturated carbocycles. The van der Waals surface area contributed by atoms with E-state index in [1.165, 1.54) is 0 Å². The Morgan fingerprint density at radius 1 is 1.30 bits per heavy atom. The zero-order valence-corrected chi connectivity index (χ0v) is 12.8. The van der Waals surface area contributed by atoms with Gasteiger partial charge in [-0.15, -0.1) is 0 Å². The van der Waals surface area contributed by atoms with Crippen molar-refractivity contribution in [3.63, 3.8) is 0 Å². The molecule has 2 heterocycles. The van der Waals surface area contributed by atoms with Crippen LogP contribution in [0.2, 0.25) is 0 Å². The number of aromatic nitrogens is 2. The molecule has 1 aromatic rings. The number of fused-ring (bicyclic) bond motifs is 1. The van der Waals surface area contributed by atoms with Gasteiger partial charge in [0.25, 0.3) is 5.91 Å². The molecule has 2 rings (SSSR count). The minimum absolute atomic E-state index is 0.0501. The van der Waals surface area contributed by atoms with E-state index in [4.69, 9.17) is 0 Å². The third-order valence-corrected chi connectivity index (χ3v) is 4.90. The monoisotopic (exact) mass is 278 g/mol. The average Bonchev–Trinajstić information content (AvgIpc) is 2.93. The minimum atomic E-state index is -0.0501. The topological polar surface area (TPSA) is 69.8 Å². The highest BCUT2D eigenvalue weighted by Gasteiger charge is 2.27. The molecule has 1 aliphatic heterocycles. The van der Waals surface area contributed by atoms with Gasteiger partial charge in [0.1, 0.15) is 0 Å². The van der Waals surface area contributed by atoms with Crippen LogP contribution in [0.25, 0.3) is 0 Å². The summed E-state index contributed by atoms with van der Waals surface area (Å²) in [6, 6.07) is 0. The van der Waals surface area contributed by atoms with E-state index in [0.717, 1.165) is 56.6 Å². The van der Waals surface area contributed by atoms with Crippen LogP contribution in [0.3, 0.4) is 0 Å². The summed E-state index contributed by atoms with van der Waals surface area (Å²) < 4.78 is 0. The van der Waals surface area contributed by atoms with Crippen LogP contribution in [0.5, 0.6) is 0 Å². The molecule has 0 spiro atoms. The lowest BCUT2D eigenvalue weighted by Gasteiger charge is -2.30. The van der Waals surface area contributed by atoms with Gasteiger partial charge < -0.3 is 10.6 Å². The van der Waals surface area contributed by atoms with Crippen molar-refractivity contribution in [3.05, 3.63) is 17.0 Å². The van der Waals surface area contributed by atoms with E-state index in [-0.39, 0.29) is 11.3 Å². The van der Waals surface area contributed by atoms with Crippen LogP contribution in [-0.4, -0.2) is 29.2 Å². The fourth-order valence-electron chi connectivity index (χ4n) is 2.89. The van der Waals surface area contributed by atoms with E-state index < -0.39 is 0 Å². The van der Waals surface area contributed by atoms with Gasteiger partial charge in [-0.05, 0) is 24.7 Å². The zero-order valence-electron chi connectivity index (χ0n) is 12.8. The summed E-state index contributed by atoms with van der Waals surface area (Å²) in [6.07, 6.45) is 4.17. The van der Waals surface area contributed by atoms with Crippen LogP contribution in [0.15, 0.2) is 0 Å². The summed E-state index contributed by atoms with van der Waals surface area (Å²) in [5.41, 5.74) is 2.90. The van der Waals surface area contributed by atoms with Crippen LogP contribution in [0.4, 0.5) is 0 Å². The van der Waals surface area contributed by atoms with Crippen LogP contribution in [0.1, 0.15) is 61.8 Å². The second-order valence-corrected chi connectivity index (χ2v) is 5.70. The average molecular weight is 278 g/mol. The number of carbonyl (C=O) groups excluding carboxylic acids is 1. The Bertz CT molecular complexity index is 454. The normalized spacial score (nSPS) is 14.9. The van der Waals surface area contributed by atoms with Gasteiger partial charge >= 0.3 is 0 Å². The van der Waals surface area contributed by atoms with Crippen molar-refractivity contribution in [2.24, 2.45) is 5.41 Å². The predicted octanol–water partition coefficient (Wildman–Crippen LogP) is 2.00. The number of rotatable bonds is 6. The number of nitrogens with one attached hydrogen (secondary N) is 3. The van der Waals surface area contributed by atoms with E-state index in [1.54, 1.807) is 0 Å². The zero-order chi connectivity index (χ0) is 14.6. The smallest absolute Gasteiger partial charge is 0.272 e. The Kier molecular flexibility index (Phi) is 4.81. The summed E-state index contributed by atoms with van der Waals surface area (Å²) in [7, 11) is 0. The van der Waals surface area contributed by atoms with Crippen LogP contribution in [-0.2, 0) is 13.0 Å². The molecule has 1 aromatic heterocycles. The van der Waals surface area contributed by atoms with E-state index in [9.17, 15) is 4.79 Å². The van der Waals surface area contributed by atoms with Gasteiger partial charge in [-0.3, -0.25) is 9.89 Å². The van der Waals surface area contributed by atoms with Gasteiger partial charge in [-0.2, -0.15) is 5.10 Å². The summed E-state index contributed by atoms with van der Waals surface area (Å²) >= 11 is 0. The van der Waals surface area contributed by atoms with E-state index in [1.807, 2.05) is 0 Å². The molecular formula is C15H26N4O. The Hall–Kier alpha value is -1.36. The highest BCUT2D eigenvalue weighted by atomic mass is 16.1. The molecule has 0 radical (unpaired) electrons. The Morgan fingerprint density at radius 2 is 2.00 bits per heavy atom. The molecule has 0 saturated heterocycles. The maximum absolute atomic E-state index is 12.4. The van der Waals surface area contributed by atoms with E-state index in [0.29, 0.717) is 5.69 Å². The van der Waals surface area contributed by atoms with Crippen molar-refractivity contribution in [1.29, 1.82) is 0 Å². The maximum atomic E-state index is 12.4. The quantitative estimate of drug-likeness (QED) is 0.745. The Balaban J connectivity index is 2.04. The third-order valence-electron chi connectivity index (χ3n) is 4.90. The minimum Gasteiger partial charge on any atom is -0.350 e. The number of hydrogen-bond donors (Lipinski definition) is 3. The van der Waals surface area contributed by atoms with Crippen molar-refractivity contribution in [2.45, 2.75) is 53.0 Å². The first-order chi connectivity index (χ1) is 9.65. The first-order valence-corrected chi connectivity index (χ1v) is 7.70. The maximum Gasteiger partial charge on any atom is 0.272 e. The molecule has 20 heavy (non-hydrogen) atoms. The number of hydrogen-bond acceptors (Lipinski definition) is 3. The fraction of sp³-hybridized carbons (Fsp3) is 0.733. The van der Waals surface area contributed by atoms with Gasteiger partial charge in [-0.25, -0.2) is 0 Å². The molecule has 3 N–H and O–H groups in total. The molecule has 0 atom stereocenters. The predicted molar refractivity (Wildman–Crippen MR) is 79.6 cm³/mol. The van der Waals surface area contributed by atoms with Crippen molar-refractivity contribution in [2.75, 3.05) is 13.1 Å². The van der Waals surface area contributed by atoms with Gasteiger partial charge in [0.2, 0.25) is 0 Å². The summed E-state index contributed by atoms with van der Waals surface area (Å²) in [5, 5.41) is 13.6. The number of aromatic amines is 1. The summed E-state index contributed by atoms with van der Waals surface area (Å²) in [4.78, 5) is 12.4. The molecule has 0 fully saturated rings. The van der Waals surface area contributed by atoms with Gasteiger partial charge in [-0.1, -0.05) is 20.8 Å². The molecule has 5 heteroatoms.